The third-order valence-electron chi connectivity index (χ3n) is 3.95. The number of carbonyl (C=O) groups excluding carboxylic acids is 1. The monoisotopic (exact) mass is 409 g/mol. The minimum atomic E-state index is -4.77. The minimum absolute atomic E-state index is 0.160. The van der Waals surface area contributed by atoms with Crippen molar-refractivity contribution in [1.82, 2.24) is 4.57 Å². The molecule has 1 aromatic heterocycles. The van der Waals surface area contributed by atoms with Crippen LogP contribution in [0.4, 0.5) is 13.2 Å². The summed E-state index contributed by atoms with van der Waals surface area (Å²) in [6, 6.07) is 10.1. The Morgan fingerprint density at radius 1 is 1.10 bits per heavy atom. The lowest BCUT2D eigenvalue weighted by molar-refractivity contribution is -0.274. The Balaban J connectivity index is 1.87. The Morgan fingerprint density at radius 3 is 2.38 bits per heavy atom. The molecule has 0 saturated heterocycles. The summed E-state index contributed by atoms with van der Waals surface area (Å²) in [4.78, 5) is 24.1. The lowest BCUT2D eigenvalue weighted by Gasteiger charge is -2.10. The van der Waals surface area contributed by atoms with Crippen molar-refractivity contribution in [2.45, 2.75) is 26.8 Å². The number of carbonyl (C=O) groups is 1. The van der Waals surface area contributed by atoms with E-state index in [-0.39, 0.29) is 30.4 Å². The molecule has 0 bridgehead atoms. The number of fused-ring (bicyclic) bond motifs is 1. The maximum atomic E-state index is 12.3. The number of oxazole rings is 1. The van der Waals surface area contributed by atoms with Gasteiger partial charge in [0.05, 0.1) is 12.1 Å². The van der Waals surface area contributed by atoms with E-state index in [1.54, 1.807) is 18.2 Å². The van der Waals surface area contributed by atoms with Crippen molar-refractivity contribution in [3.8, 4) is 16.9 Å². The molecule has 0 fully saturated rings. The highest BCUT2D eigenvalue weighted by molar-refractivity contribution is 5.82. The topological polar surface area (TPSA) is 70.7 Å². The zero-order valence-corrected chi connectivity index (χ0v) is 15.7. The first kappa shape index (κ1) is 20.5. The largest absolute Gasteiger partial charge is 0.573 e. The first-order valence-corrected chi connectivity index (χ1v) is 8.77. The van der Waals surface area contributed by atoms with Crippen LogP contribution in [-0.2, 0) is 16.1 Å². The molecule has 0 atom stereocenters. The summed E-state index contributed by atoms with van der Waals surface area (Å²) in [5.41, 5.74) is 1.89. The summed E-state index contributed by atoms with van der Waals surface area (Å²) < 4.78 is 52.1. The zero-order valence-electron chi connectivity index (χ0n) is 15.7. The van der Waals surface area contributed by atoms with Crippen molar-refractivity contribution in [3.05, 3.63) is 53.0 Å². The van der Waals surface area contributed by atoms with Crippen molar-refractivity contribution in [2.75, 3.05) is 6.61 Å². The van der Waals surface area contributed by atoms with Crippen LogP contribution < -0.4 is 10.5 Å². The van der Waals surface area contributed by atoms with Gasteiger partial charge in [0, 0.05) is 0 Å². The van der Waals surface area contributed by atoms with Gasteiger partial charge in [0.25, 0.3) is 0 Å². The molecule has 0 aliphatic heterocycles. The van der Waals surface area contributed by atoms with Crippen LogP contribution in [0.15, 0.2) is 51.7 Å². The fourth-order valence-corrected chi connectivity index (χ4v) is 2.67. The molecule has 0 amide bonds. The van der Waals surface area contributed by atoms with Gasteiger partial charge in [-0.1, -0.05) is 32.0 Å². The molecule has 0 spiro atoms. The summed E-state index contributed by atoms with van der Waals surface area (Å²) in [6.45, 7) is 3.72. The fraction of sp³-hybridized carbons (Fsp3) is 0.300. The Morgan fingerprint density at radius 2 is 1.76 bits per heavy atom. The van der Waals surface area contributed by atoms with Crippen molar-refractivity contribution in [3.63, 3.8) is 0 Å². The third kappa shape index (κ3) is 5.18. The van der Waals surface area contributed by atoms with Gasteiger partial charge in [0.1, 0.15) is 12.3 Å². The second kappa shape index (κ2) is 8.02. The number of ether oxygens (including phenoxy) is 2. The molecule has 2 aromatic carbocycles. The predicted molar refractivity (Wildman–Crippen MR) is 98.4 cm³/mol. The van der Waals surface area contributed by atoms with Gasteiger partial charge in [0.2, 0.25) is 0 Å². The van der Waals surface area contributed by atoms with Crippen LogP contribution in [0.5, 0.6) is 5.75 Å². The molecule has 1 heterocycles. The van der Waals surface area contributed by atoms with Gasteiger partial charge in [-0.15, -0.1) is 13.2 Å². The standard InChI is InChI=1S/C20H18F3NO5/c1-12(2)11-27-18(25)10-24-16-9-14(5-8-17(16)28-19(24)26)13-3-6-15(7-4-13)29-20(21,22)23/h3-9,12H,10-11H2,1-2H3. The van der Waals surface area contributed by atoms with E-state index in [4.69, 9.17) is 9.15 Å². The number of halogens is 3. The summed E-state index contributed by atoms with van der Waals surface area (Å²) in [5.74, 6) is -1.45. The fourth-order valence-electron chi connectivity index (χ4n) is 2.67. The second-order valence-electron chi connectivity index (χ2n) is 6.79. The van der Waals surface area contributed by atoms with Crippen molar-refractivity contribution < 1.29 is 31.9 Å². The number of hydrogen-bond donors (Lipinski definition) is 0. The number of rotatable bonds is 6. The van der Waals surface area contributed by atoms with E-state index in [0.717, 1.165) is 4.57 Å². The van der Waals surface area contributed by atoms with Crippen molar-refractivity contribution in [1.29, 1.82) is 0 Å². The van der Waals surface area contributed by atoms with Crippen molar-refractivity contribution in [2.24, 2.45) is 5.92 Å². The van der Waals surface area contributed by atoms with Crippen LogP contribution in [0.1, 0.15) is 13.8 Å². The van der Waals surface area contributed by atoms with Gasteiger partial charge >= 0.3 is 18.1 Å². The average Bonchev–Trinajstić information content (AvgIpc) is 2.94. The van der Waals surface area contributed by atoms with E-state index < -0.39 is 18.1 Å². The quantitative estimate of drug-likeness (QED) is 0.566. The number of hydrogen-bond acceptors (Lipinski definition) is 5. The maximum absolute atomic E-state index is 12.3. The smallest absolute Gasteiger partial charge is 0.464 e. The normalized spacial score (nSPS) is 11.8. The van der Waals surface area contributed by atoms with Crippen LogP contribution in [0.25, 0.3) is 22.2 Å². The van der Waals surface area contributed by atoms with Gasteiger partial charge in [-0.05, 0) is 41.3 Å². The summed E-state index contributed by atoms with van der Waals surface area (Å²) >= 11 is 0. The number of alkyl halides is 3. The van der Waals surface area contributed by atoms with Crippen LogP contribution in [0.3, 0.4) is 0 Å². The van der Waals surface area contributed by atoms with Gasteiger partial charge in [0.15, 0.2) is 5.58 Å². The molecule has 3 aromatic rings. The number of aromatic nitrogens is 1. The molecule has 29 heavy (non-hydrogen) atoms. The summed E-state index contributed by atoms with van der Waals surface area (Å²) in [7, 11) is 0. The minimum Gasteiger partial charge on any atom is -0.464 e. The molecular formula is C20H18F3NO5. The lowest BCUT2D eigenvalue weighted by atomic mass is 10.1. The highest BCUT2D eigenvalue weighted by atomic mass is 19.4. The molecule has 0 radical (unpaired) electrons. The Labute approximate surface area is 163 Å². The first-order chi connectivity index (χ1) is 13.6. The van der Waals surface area contributed by atoms with Gasteiger partial charge in [-0.2, -0.15) is 0 Å². The van der Waals surface area contributed by atoms with E-state index in [9.17, 15) is 22.8 Å². The summed E-state index contributed by atoms with van der Waals surface area (Å²) in [6.07, 6.45) is -4.77. The molecular weight excluding hydrogens is 391 g/mol. The van der Waals surface area contributed by atoms with Gasteiger partial charge in [-0.25, -0.2) is 4.79 Å². The van der Waals surface area contributed by atoms with E-state index >= 15 is 0 Å². The Bertz CT molecular complexity index is 1060. The van der Waals surface area contributed by atoms with E-state index in [1.807, 2.05) is 13.8 Å². The van der Waals surface area contributed by atoms with Gasteiger partial charge < -0.3 is 13.9 Å². The zero-order chi connectivity index (χ0) is 21.2. The molecule has 0 aliphatic rings. The molecule has 9 heteroatoms. The van der Waals surface area contributed by atoms with E-state index in [1.165, 1.54) is 24.3 Å². The Kier molecular flexibility index (Phi) is 5.67. The first-order valence-electron chi connectivity index (χ1n) is 8.77. The molecule has 6 nitrogen and oxygen atoms in total. The highest BCUT2D eigenvalue weighted by Crippen LogP contribution is 2.28. The molecule has 3 rings (SSSR count). The van der Waals surface area contributed by atoms with Crippen LogP contribution in [0.2, 0.25) is 0 Å². The predicted octanol–water partition coefficient (Wildman–Crippen LogP) is 4.36. The van der Waals surface area contributed by atoms with Crippen molar-refractivity contribution >= 4 is 17.1 Å². The maximum Gasteiger partial charge on any atom is 0.573 e. The van der Waals surface area contributed by atoms with Gasteiger partial charge in [-0.3, -0.25) is 9.36 Å². The van der Waals surface area contributed by atoms with E-state index in [2.05, 4.69) is 4.74 Å². The highest BCUT2D eigenvalue weighted by Gasteiger charge is 2.31. The summed E-state index contributed by atoms with van der Waals surface area (Å²) in [5, 5.41) is 0. The number of esters is 1. The number of nitrogens with zero attached hydrogens (tertiary/aromatic N) is 1. The molecule has 0 saturated carbocycles. The van der Waals surface area contributed by atoms with Crippen LogP contribution >= 0.6 is 0 Å². The SMILES string of the molecule is CC(C)COC(=O)Cn1c(=O)oc2ccc(-c3ccc(OC(F)(F)F)cc3)cc21. The average molecular weight is 409 g/mol. The second-order valence-corrected chi connectivity index (χ2v) is 6.79. The third-order valence-corrected chi connectivity index (χ3v) is 3.95. The molecule has 0 unspecified atom stereocenters. The Hall–Kier alpha value is -3.23. The number of benzene rings is 2. The van der Waals surface area contributed by atoms with Crippen LogP contribution in [0, 0.1) is 5.92 Å². The molecule has 0 aliphatic carbocycles. The molecule has 0 N–H and O–H groups in total. The lowest BCUT2D eigenvalue weighted by Crippen LogP contribution is -2.22. The molecule has 154 valence electrons. The van der Waals surface area contributed by atoms with E-state index in [0.29, 0.717) is 16.6 Å². The van der Waals surface area contributed by atoms with Crippen LogP contribution in [-0.4, -0.2) is 23.5 Å².